The average Bonchev–Trinajstić information content (AvgIpc) is 2.35. The Morgan fingerprint density at radius 1 is 1.37 bits per heavy atom. The van der Waals surface area contributed by atoms with Crippen molar-refractivity contribution in [2.24, 2.45) is 5.41 Å². The van der Waals surface area contributed by atoms with Crippen LogP contribution in [0.4, 0.5) is 5.82 Å². The van der Waals surface area contributed by atoms with Gasteiger partial charge in [0.1, 0.15) is 11.9 Å². The maximum atomic E-state index is 9.07. The smallest absolute Gasteiger partial charge is 0.234 e. The van der Waals surface area contributed by atoms with Crippen LogP contribution in [0.25, 0.3) is 0 Å². The SMILES string of the molecule is CN(CC(C)(C)C)c1nc(C#N)nc2c1CNCC2. The molecule has 19 heavy (non-hydrogen) atoms. The molecule has 0 unspecified atom stereocenters. The van der Waals surface area contributed by atoms with Gasteiger partial charge in [0.25, 0.3) is 0 Å². The van der Waals surface area contributed by atoms with E-state index in [1.54, 1.807) is 0 Å². The Bertz CT molecular complexity index is 510. The van der Waals surface area contributed by atoms with Crippen molar-refractivity contribution in [3.8, 4) is 6.07 Å². The summed E-state index contributed by atoms with van der Waals surface area (Å²) in [6.07, 6.45) is 0.864. The zero-order chi connectivity index (χ0) is 14.0. The molecule has 5 heteroatoms. The second kappa shape index (κ2) is 5.14. The van der Waals surface area contributed by atoms with Gasteiger partial charge < -0.3 is 10.2 Å². The number of hydrogen-bond acceptors (Lipinski definition) is 5. The fraction of sp³-hybridized carbons (Fsp3) is 0.643. The molecule has 0 amide bonds. The minimum atomic E-state index is 0.182. The lowest BCUT2D eigenvalue weighted by molar-refractivity contribution is 0.416. The summed E-state index contributed by atoms with van der Waals surface area (Å²) in [7, 11) is 2.03. The standard InChI is InChI=1S/C14H21N5/c1-14(2,3)9-19(4)13-10-8-16-6-5-11(10)17-12(7-15)18-13/h16H,5-6,8-9H2,1-4H3. The highest BCUT2D eigenvalue weighted by Gasteiger charge is 2.22. The molecule has 0 bridgehead atoms. The summed E-state index contributed by atoms with van der Waals surface area (Å²) >= 11 is 0. The van der Waals surface area contributed by atoms with Crippen LogP contribution in [0.5, 0.6) is 0 Å². The number of nitriles is 1. The number of anilines is 1. The Morgan fingerprint density at radius 3 is 2.74 bits per heavy atom. The van der Waals surface area contributed by atoms with Gasteiger partial charge in [-0.05, 0) is 5.41 Å². The van der Waals surface area contributed by atoms with E-state index in [-0.39, 0.29) is 11.2 Å². The Morgan fingerprint density at radius 2 is 2.11 bits per heavy atom. The first-order valence-corrected chi connectivity index (χ1v) is 6.62. The predicted octanol–water partition coefficient (Wildman–Crippen LogP) is 1.48. The molecule has 1 aliphatic rings. The van der Waals surface area contributed by atoms with Gasteiger partial charge in [0, 0.05) is 38.7 Å². The minimum absolute atomic E-state index is 0.182. The van der Waals surface area contributed by atoms with E-state index >= 15 is 0 Å². The van der Waals surface area contributed by atoms with Crippen molar-refractivity contribution in [2.45, 2.75) is 33.7 Å². The van der Waals surface area contributed by atoms with Gasteiger partial charge in [-0.1, -0.05) is 20.8 Å². The number of aromatic nitrogens is 2. The molecule has 5 nitrogen and oxygen atoms in total. The molecular weight excluding hydrogens is 238 g/mol. The molecule has 0 aromatic carbocycles. The van der Waals surface area contributed by atoms with Crippen LogP contribution in [0.3, 0.4) is 0 Å². The Kier molecular flexibility index (Phi) is 3.72. The van der Waals surface area contributed by atoms with Gasteiger partial charge in [-0.15, -0.1) is 0 Å². The van der Waals surface area contributed by atoms with Gasteiger partial charge >= 0.3 is 0 Å². The van der Waals surface area contributed by atoms with Crippen molar-refractivity contribution in [1.82, 2.24) is 15.3 Å². The largest absolute Gasteiger partial charge is 0.359 e. The third-order valence-corrected chi connectivity index (χ3v) is 3.08. The lowest BCUT2D eigenvalue weighted by atomic mass is 9.96. The fourth-order valence-corrected chi connectivity index (χ4v) is 2.48. The average molecular weight is 259 g/mol. The molecule has 2 rings (SSSR count). The van der Waals surface area contributed by atoms with Crippen molar-refractivity contribution in [1.29, 1.82) is 5.26 Å². The Balaban J connectivity index is 2.41. The number of fused-ring (bicyclic) bond motifs is 1. The molecule has 1 N–H and O–H groups in total. The van der Waals surface area contributed by atoms with Crippen LogP contribution in [0.1, 0.15) is 37.9 Å². The summed E-state index contributed by atoms with van der Waals surface area (Å²) in [6, 6.07) is 2.07. The Hall–Kier alpha value is -1.67. The first-order chi connectivity index (χ1) is 8.90. The van der Waals surface area contributed by atoms with E-state index in [1.165, 1.54) is 0 Å². The summed E-state index contributed by atoms with van der Waals surface area (Å²) in [5.74, 6) is 1.17. The normalized spacial score (nSPS) is 14.7. The maximum absolute atomic E-state index is 9.07. The first-order valence-electron chi connectivity index (χ1n) is 6.62. The molecule has 0 radical (unpaired) electrons. The van der Waals surface area contributed by atoms with E-state index in [9.17, 15) is 0 Å². The molecule has 0 aliphatic carbocycles. The highest BCUT2D eigenvalue weighted by molar-refractivity contribution is 5.50. The molecule has 0 fully saturated rings. The summed E-state index contributed by atoms with van der Waals surface area (Å²) in [5, 5.41) is 12.4. The number of nitrogens with one attached hydrogen (secondary N) is 1. The van der Waals surface area contributed by atoms with Gasteiger partial charge in [-0.3, -0.25) is 0 Å². The monoisotopic (exact) mass is 259 g/mol. The van der Waals surface area contributed by atoms with Gasteiger partial charge in [-0.2, -0.15) is 5.26 Å². The second-order valence-electron chi connectivity index (χ2n) is 6.25. The summed E-state index contributed by atoms with van der Waals surface area (Å²) in [6.45, 7) is 9.17. The molecule has 2 heterocycles. The lowest BCUT2D eigenvalue weighted by Crippen LogP contribution is -2.34. The van der Waals surface area contributed by atoms with Crippen LogP contribution in [0, 0.1) is 16.7 Å². The number of nitrogens with zero attached hydrogens (tertiary/aromatic N) is 4. The van der Waals surface area contributed by atoms with Crippen molar-refractivity contribution in [3.05, 3.63) is 17.1 Å². The molecule has 1 aromatic rings. The molecule has 102 valence electrons. The van der Waals surface area contributed by atoms with E-state index in [1.807, 2.05) is 7.05 Å². The Labute approximate surface area is 114 Å². The van der Waals surface area contributed by atoms with Crippen LogP contribution in [0.15, 0.2) is 0 Å². The number of rotatable bonds is 2. The van der Waals surface area contributed by atoms with Crippen LogP contribution in [0.2, 0.25) is 0 Å². The van der Waals surface area contributed by atoms with E-state index in [2.05, 4.69) is 47.0 Å². The zero-order valence-corrected chi connectivity index (χ0v) is 12.1. The highest BCUT2D eigenvalue weighted by Crippen LogP contribution is 2.25. The van der Waals surface area contributed by atoms with E-state index in [0.29, 0.717) is 0 Å². The van der Waals surface area contributed by atoms with Crippen LogP contribution < -0.4 is 10.2 Å². The molecule has 0 spiro atoms. The van der Waals surface area contributed by atoms with Gasteiger partial charge in [-0.25, -0.2) is 9.97 Å². The summed E-state index contributed by atoms with van der Waals surface area (Å²) in [4.78, 5) is 10.9. The van der Waals surface area contributed by atoms with E-state index in [0.717, 1.165) is 43.1 Å². The molecule has 1 aromatic heterocycles. The summed E-state index contributed by atoms with van der Waals surface area (Å²) in [5.41, 5.74) is 2.33. The lowest BCUT2D eigenvalue weighted by Gasteiger charge is -2.30. The molecule has 1 aliphatic heterocycles. The van der Waals surface area contributed by atoms with Crippen molar-refractivity contribution < 1.29 is 0 Å². The second-order valence-corrected chi connectivity index (χ2v) is 6.25. The van der Waals surface area contributed by atoms with Crippen LogP contribution >= 0.6 is 0 Å². The summed E-state index contributed by atoms with van der Waals surface area (Å²) < 4.78 is 0. The molecule has 0 saturated heterocycles. The van der Waals surface area contributed by atoms with E-state index in [4.69, 9.17) is 5.26 Å². The topological polar surface area (TPSA) is 64.8 Å². The molecular formula is C14H21N5. The highest BCUT2D eigenvalue weighted by atomic mass is 15.2. The third-order valence-electron chi connectivity index (χ3n) is 3.08. The predicted molar refractivity (Wildman–Crippen MR) is 74.9 cm³/mol. The van der Waals surface area contributed by atoms with Crippen LogP contribution in [-0.2, 0) is 13.0 Å². The van der Waals surface area contributed by atoms with Crippen molar-refractivity contribution in [2.75, 3.05) is 25.0 Å². The quantitative estimate of drug-likeness (QED) is 0.871. The third kappa shape index (κ3) is 3.21. The van der Waals surface area contributed by atoms with Crippen molar-refractivity contribution >= 4 is 5.82 Å². The molecule has 0 saturated carbocycles. The minimum Gasteiger partial charge on any atom is -0.359 e. The first kappa shape index (κ1) is 13.8. The maximum Gasteiger partial charge on any atom is 0.234 e. The van der Waals surface area contributed by atoms with E-state index < -0.39 is 0 Å². The van der Waals surface area contributed by atoms with Gasteiger partial charge in [0.2, 0.25) is 5.82 Å². The van der Waals surface area contributed by atoms with Crippen LogP contribution in [-0.4, -0.2) is 30.1 Å². The number of hydrogen-bond donors (Lipinski definition) is 1. The zero-order valence-electron chi connectivity index (χ0n) is 12.1. The van der Waals surface area contributed by atoms with Gasteiger partial charge in [0.05, 0.1) is 5.69 Å². The molecule has 0 atom stereocenters. The van der Waals surface area contributed by atoms with Crippen molar-refractivity contribution in [3.63, 3.8) is 0 Å². The fourth-order valence-electron chi connectivity index (χ4n) is 2.48. The van der Waals surface area contributed by atoms with Gasteiger partial charge in [0.15, 0.2) is 0 Å².